The second kappa shape index (κ2) is 6.55. The van der Waals surface area contributed by atoms with Crippen LogP contribution in [0.25, 0.3) is 0 Å². The number of hydrogen-bond donors (Lipinski definition) is 1. The highest BCUT2D eigenvalue weighted by Gasteiger charge is 2.24. The fraction of sp³-hybridized carbons (Fsp3) is 0.600. The highest BCUT2D eigenvalue weighted by Crippen LogP contribution is 2.23. The van der Waals surface area contributed by atoms with Gasteiger partial charge in [0.1, 0.15) is 0 Å². The van der Waals surface area contributed by atoms with Gasteiger partial charge in [-0.05, 0) is 43.4 Å². The Kier molecular flexibility index (Phi) is 5.04. The Labute approximate surface area is 115 Å². The van der Waals surface area contributed by atoms with Crippen LogP contribution in [0.3, 0.4) is 0 Å². The topological polar surface area (TPSA) is 21.3 Å². The molecule has 1 fully saturated rings. The van der Waals surface area contributed by atoms with Crippen LogP contribution >= 0.6 is 11.6 Å². The number of halogens is 1. The van der Waals surface area contributed by atoms with Crippen molar-refractivity contribution in [1.29, 1.82) is 0 Å². The van der Waals surface area contributed by atoms with E-state index in [4.69, 9.17) is 16.3 Å². The zero-order valence-corrected chi connectivity index (χ0v) is 11.9. The summed E-state index contributed by atoms with van der Waals surface area (Å²) in [6, 6.07) is 8.52. The van der Waals surface area contributed by atoms with E-state index in [1.807, 2.05) is 12.1 Å². The van der Waals surface area contributed by atoms with Crippen LogP contribution in [0.5, 0.6) is 0 Å². The minimum atomic E-state index is 0.384. The molecule has 0 saturated carbocycles. The Balaban J connectivity index is 1.93. The fourth-order valence-corrected chi connectivity index (χ4v) is 2.76. The van der Waals surface area contributed by atoms with E-state index in [1.165, 1.54) is 12.0 Å². The molecule has 2 rings (SSSR count). The van der Waals surface area contributed by atoms with Gasteiger partial charge in [-0.2, -0.15) is 0 Å². The molecule has 2 nitrogen and oxygen atoms in total. The Hall–Kier alpha value is -0.570. The molecule has 1 aromatic rings. The highest BCUT2D eigenvalue weighted by molar-refractivity contribution is 6.30. The van der Waals surface area contributed by atoms with E-state index >= 15 is 0 Å². The fourth-order valence-electron chi connectivity index (χ4n) is 2.56. The average molecular weight is 268 g/mol. The van der Waals surface area contributed by atoms with Crippen LogP contribution in [0, 0.1) is 5.92 Å². The monoisotopic (exact) mass is 267 g/mol. The summed E-state index contributed by atoms with van der Waals surface area (Å²) in [4.78, 5) is 0. The number of hydrogen-bond acceptors (Lipinski definition) is 2. The van der Waals surface area contributed by atoms with Gasteiger partial charge in [-0.3, -0.25) is 0 Å². The summed E-state index contributed by atoms with van der Waals surface area (Å²) >= 11 is 6.05. The normalized spacial score (nSPS) is 25.3. The summed E-state index contributed by atoms with van der Waals surface area (Å²) in [5.74, 6) is 0.637. The largest absolute Gasteiger partial charge is 0.378 e. The quantitative estimate of drug-likeness (QED) is 0.876. The summed E-state index contributed by atoms with van der Waals surface area (Å²) in [5.41, 5.74) is 1.27. The zero-order chi connectivity index (χ0) is 13.0. The second-order valence-corrected chi connectivity index (χ2v) is 5.49. The van der Waals surface area contributed by atoms with Gasteiger partial charge in [-0.1, -0.05) is 30.7 Å². The van der Waals surface area contributed by atoms with Crippen LogP contribution in [0.1, 0.15) is 38.3 Å². The van der Waals surface area contributed by atoms with E-state index in [-0.39, 0.29) is 0 Å². The van der Waals surface area contributed by atoms with Crippen molar-refractivity contribution in [2.45, 2.75) is 38.8 Å². The molecule has 3 unspecified atom stereocenters. The number of nitrogens with one attached hydrogen (secondary N) is 1. The van der Waals surface area contributed by atoms with E-state index in [2.05, 4.69) is 31.3 Å². The van der Waals surface area contributed by atoms with Gasteiger partial charge < -0.3 is 10.1 Å². The maximum absolute atomic E-state index is 6.05. The molecule has 0 bridgehead atoms. The molecule has 3 atom stereocenters. The summed E-state index contributed by atoms with van der Waals surface area (Å²) in [6.07, 6.45) is 2.62. The molecule has 3 heteroatoms. The average Bonchev–Trinajstić information content (AvgIpc) is 2.76. The van der Waals surface area contributed by atoms with Crippen LogP contribution in [0.4, 0.5) is 0 Å². The van der Waals surface area contributed by atoms with E-state index in [1.54, 1.807) is 0 Å². The number of ether oxygens (including phenoxy) is 1. The van der Waals surface area contributed by atoms with Gasteiger partial charge in [-0.15, -0.1) is 0 Å². The first kappa shape index (κ1) is 13.9. The first-order chi connectivity index (χ1) is 8.70. The van der Waals surface area contributed by atoms with Crippen LogP contribution in [-0.4, -0.2) is 19.3 Å². The molecule has 0 spiro atoms. The van der Waals surface area contributed by atoms with Gasteiger partial charge in [0.25, 0.3) is 0 Å². The Morgan fingerprint density at radius 2 is 2.33 bits per heavy atom. The van der Waals surface area contributed by atoms with Crippen LogP contribution < -0.4 is 5.32 Å². The minimum Gasteiger partial charge on any atom is -0.378 e. The van der Waals surface area contributed by atoms with Gasteiger partial charge in [-0.25, -0.2) is 0 Å². The molecule has 0 aromatic heterocycles. The van der Waals surface area contributed by atoms with Gasteiger partial charge in [0.05, 0.1) is 6.10 Å². The highest BCUT2D eigenvalue weighted by atomic mass is 35.5. The molecular weight excluding hydrogens is 246 g/mol. The predicted octanol–water partition coefficient (Wildman–Crippen LogP) is 3.81. The van der Waals surface area contributed by atoms with Crippen molar-refractivity contribution in [2.24, 2.45) is 5.92 Å². The first-order valence-electron chi connectivity index (χ1n) is 6.81. The molecular formula is C15H22ClNO. The number of benzene rings is 1. The van der Waals surface area contributed by atoms with Crippen molar-refractivity contribution < 1.29 is 4.74 Å². The van der Waals surface area contributed by atoms with Crippen LogP contribution in [-0.2, 0) is 4.74 Å². The zero-order valence-electron chi connectivity index (χ0n) is 11.2. The third-order valence-corrected chi connectivity index (χ3v) is 4.05. The van der Waals surface area contributed by atoms with E-state index in [0.29, 0.717) is 18.1 Å². The summed E-state index contributed by atoms with van der Waals surface area (Å²) < 4.78 is 5.60. The molecule has 1 aromatic carbocycles. The molecule has 100 valence electrons. The molecule has 1 aliphatic rings. The minimum absolute atomic E-state index is 0.384. The van der Waals surface area contributed by atoms with Gasteiger partial charge in [0.15, 0.2) is 0 Å². The lowest BCUT2D eigenvalue weighted by atomic mass is 10.00. The van der Waals surface area contributed by atoms with Crippen molar-refractivity contribution in [1.82, 2.24) is 5.32 Å². The summed E-state index contributed by atoms with van der Waals surface area (Å²) in [7, 11) is 0. The lowest BCUT2D eigenvalue weighted by molar-refractivity contribution is 0.105. The van der Waals surface area contributed by atoms with Crippen molar-refractivity contribution in [2.75, 3.05) is 13.2 Å². The molecule has 18 heavy (non-hydrogen) atoms. The van der Waals surface area contributed by atoms with E-state index in [0.717, 1.165) is 24.6 Å². The van der Waals surface area contributed by atoms with Gasteiger partial charge >= 0.3 is 0 Å². The summed E-state index contributed by atoms with van der Waals surface area (Å²) in [5, 5.41) is 4.46. The molecule has 0 radical (unpaired) electrons. The van der Waals surface area contributed by atoms with Crippen LogP contribution in [0.2, 0.25) is 5.02 Å². The van der Waals surface area contributed by atoms with Gasteiger partial charge in [0, 0.05) is 24.2 Å². The molecule has 0 amide bonds. The molecule has 1 aliphatic heterocycles. The van der Waals surface area contributed by atoms with Crippen LogP contribution in [0.15, 0.2) is 24.3 Å². The summed E-state index contributed by atoms with van der Waals surface area (Å²) in [6.45, 7) is 6.29. The predicted molar refractivity (Wildman–Crippen MR) is 76.0 cm³/mol. The maximum atomic E-state index is 6.05. The number of rotatable bonds is 5. The molecule has 0 aliphatic carbocycles. The second-order valence-electron chi connectivity index (χ2n) is 5.05. The molecule has 1 saturated heterocycles. The Bertz CT molecular complexity index is 383. The van der Waals surface area contributed by atoms with Crippen molar-refractivity contribution in [3.63, 3.8) is 0 Å². The Morgan fingerprint density at radius 1 is 1.50 bits per heavy atom. The first-order valence-corrected chi connectivity index (χ1v) is 7.19. The standard InChI is InChI=1S/C15H22ClNO/c1-3-15(12-5-4-6-14(16)9-12)17-10-13-7-8-18-11(13)2/h4-6,9,11,13,15,17H,3,7-8,10H2,1-2H3. The van der Waals surface area contributed by atoms with E-state index < -0.39 is 0 Å². The smallest absolute Gasteiger partial charge is 0.0588 e. The Morgan fingerprint density at radius 3 is 2.94 bits per heavy atom. The lowest BCUT2D eigenvalue weighted by Gasteiger charge is -2.21. The SMILES string of the molecule is CCC(NCC1CCOC1C)c1cccc(Cl)c1. The molecule has 1 N–H and O–H groups in total. The maximum Gasteiger partial charge on any atom is 0.0588 e. The van der Waals surface area contributed by atoms with Crippen molar-refractivity contribution >= 4 is 11.6 Å². The van der Waals surface area contributed by atoms with Crippen molar-refractivity contribution in [3.05, 3.63) is 34.9 Å². The third-order valence-electron chi connectivity index (χ3n) is 3.82. The van der Waals surface area contributed by atoms with E-state index in [9.17, 15) is 0 Å². The van der Waals surface area contributed by atoms with Gasteiger partial charge in [0.2, 0.25) is 0 Å². The lowest BCUT2D eigenvalue weighted by Crippen LogP contribution is -2.30. The molecule has 1 heterocycles. The third kappa shape index (κ3) is 3.47. The van der Waals surface area contributed by atoms with Crippen molar-refractivity contribution in [3.8, 4) is 0 Å².